The number of ketones is 1. The Bertz CT molecular complexity index is 1030. The first-order valence-electron chi connectivity index (χ1n) is 6.79. The molecule has 0 saturated carbocycles. The van der Waals surface area contributed by atoms with Gasteiger partial charge in [-0.3, -0.25) is 4.79 Å². The van der Waals surface area contributed by atoms with Crippen molar-refractivity contribution in [3.05, 3.63) is 80.2 Å². The first-order valence-corrected chi connectivity index (χ1v) is 7.17. The Balaban J connectivity index is 2.22. The second-order valence-corrected chi connectivity index (χ2v) is 5.48. The molecule has 2 aromatic carbocycles. The molecule has 3 aromatic rings. The third-order valence-corrected chi connectivity index (χ3v) is 3.88. The molecule has 0 atom stereocenters. The van der Waals surface area contributed by atoms with E-state index in [2.05, 4.69) is 0 Å². The van der Waals surface area contributed by atoms with Crippen molar-refractivity contribution in [3.8, 4) is 6.07 Å². The predicted molar refractivity (Wildman–Crippen MR) is 86.8 cm³/mol. The zero-order chi connectivity index (χ0) is 16.6. The average Bonchev–Trinajstić information content (AvgIpc) is 2.54. The number of nitriles is 1. The van der Waals surface area contributed by atoms with Crippen LogP contribution < -0.4 is 5.63 Å². The Labute approximate surface area is 136 Å². The maximum Gasteiger partial charge on any atom is 0.347 e. The molecule has 0 saturated heterocycles. The quantitative estimate of drug-likeness (QED) is 0.530. The van der Waals surface area contributed by atoms with Crippen LogP contribution in [0.1, 0.15) is 27.0 Å². The van der Waals surface area contributed by atoms with E-state index in [1.807, 2.05) is 6.07 Å². The van der Waals surface area contributed by atoms with E-state index in [0.717, 1.165) is 0 Å². The number of hydrogen-bond donors (Lipinski definition) is 0. The van der Waals surface area contributed by atoms with Crippen LogP contribution in [0.15, 0.2) is 51.7 Å². The van der Waals surface area contributed by atoms with Crippen LogP contribution in [0.4, 0.5) is 0 Å². The van der Waals surface area contributed by atoms with Crippen molar-refractivity contribution < 1.29 is 9.21 Å². The maximum absolute atomic E-state index is 12.6. The summed E-state index contributed by atoms with van der Waals surface area (Å²) in [5.74, 6) is -0.417. The number of rotatable bonds is 2. The van der Waals surface area contributed by atoms with Gasteiger partial charge in [-0.25, -0.2) is 4.79 Å². The molecule has 0 aliphatic rings. The highest BCUT2D eigenvalue weighted by Crippen LogP contribution is 2.22. The molecule has 0 aliphatic heterocycles. The summed E-state index contributed by atoms with van der Waals surface area (Å²) in [6.45, 7) is 1.69. The topological polar surface area (TPSA) is 71.1 Å². The monoisotopic (exact) mass is 323 g/mol. The minimum atomic E-state index is -0.718. The molecule has 0 fully saturated rings. The lowest BCUT2D eigenvalue weighted by Gasteiger charge is -2.07. The summed E-state index contributed by atoms with van der Waals surface area (Å²) in [5.41, 5.74) is 0.837. The average molecular weight is 324 g/mol. The summed E-state index contributed by atoms with van der Waals surface area (Å²) >= 11 is 5.81. The van der Waals surface area contributed by atoms with Crippen LogP contribution in [0.3, 0.4) is 0 Å². The molecule has 0 radical (unpaired) electrons. The second kappa shape index (κ2) is 5.71. The van der Waals surface area contributed by atoms with Crippen molar-refractivity contribution in [1.29, 1.82) is 5.26 Å². The van der Waals surface area contributed by atoms with E-state index in [0.29, 0.717) is 32.7 Å². The molecule has 0 N–H and O–H groups in total. The molecular formula is C18H10ClNO3. The standard InChI is InChI=1S/C18H10ClNO3/c1-10-14-7-2-11(9-20)8-15(14)23-18(22)16(10)17(21)12-3-5-13(19)6-4-12/h2-8H,1H3. The van der Waals surface area contributed by atoms with Crippen LogP contribution in [0, 0.1) is 18.3 Å². The van der Waals surface area contributed by atoms with Crippen molar-refractivity contribution >= 4 is 28.4 Å². The second-order valence-electron chi connectivity index (χ2n) is 5.05. The van der Waals surface area contributed by atoms with Crippen molar-refractivity contribution in [2.24, 2.45) is 0 Å². The fraction of sp³-hybridized carbons (Fsp3) is 0.0556. The van der Waals surface area contributed by atoms with Crippen molar-refractivity contribution in [1.82, 2.24) is 0 Å². The number of carbonyl (C=O) groups excluding carboxylic acids is 1. The molecule has 0 bridgehead atoms. The van der Waals surface area contributed by atoms with Crippen LogP contribution in [-0.2, 0) is 0 Å². The van der Waals surface area contributed by atoms with Crippen LogP contribution in [0.2, 0.25) is 5.02 Å². The molecule has 0 spiro atoms. The normalized spacial score (nSPS) is 10.5. The Hall–Kier alpha value is -2.90. The van der Waals surface area contributed by atoms with Crippen molar-refractivity contribution in [2.45, 2.75) is 6.92 Å². The summed E-state index contributed by atoms with van der Waals surface area (Å²) in [5, 5.41) is 10.0. The smallest absolute Gasteiger partial charge is 0.347 e. The first kappa shape index (κ1) is 15.0. The molecular weight excluding hydrogens is 314 g/mol. The van der Waals surface area contributed by atoms with Gasteiger partial charge in [0.25, 0.3) is 0 Å². The van der Waals surface area contributed by atoms with Gasteiger partial charge in [0.1, 0.15) is 11.1 Å². The summed E-state index contributed by atoms with van der Waals surface area (Å²) in [6, 6.07) is 13.1. The first-order chi connectivity index (χ1) is 11.0. The molecule has 1 heterocycles. The zero-order valence-electron chi connectivity index (χ0n) is 12.1. The highest BCUT2D eigenvalue weighted by atomic mass is 35.5. The number of carbonyl (C=O) groups is 1. The van der Waals surface area contributed by atoms with E-state index < -0.39 is 11.4 Å². The predicted octanol–water partition coefficient (Wildman–Crippen LogP) is 3.86. The minimum absolute atomic E-state index is 0.00969. The van der Waals surface area contributed by atoms with Crippen molar-refractivity contribution in [3.63, 3.8) is 0 Å². The Morgan fingerprint density at radius 2 is 1.87 bits per heavy atom. The number of nitrogens with zero attached hydrogens (tertiary/aromatic N) is 1. The Morgan fingerprint density at radius 3 is 2.52 bits per heavy atom. The summed E-state index contributed by atoms with van der Waals surface area (Å²) in [7, 11) is 0. The van der Waals surface area contributed by atoms with E-state index in [4.69, 9.17) is 21.3 Å². The van der Waals surface area contributed by atoms with Gasteiger partial charge in [0.2, 0.25) is 5.78 Å². The van der Waals surface area contributed by atoms with Gasteiger partial charge >= 0.3 is 5.63 Å². The summed E-state index contributed by atoms with van der Waals surface area (Å²) in [4.78, 5) is 24.8. The maximum atomic E-state index is 12.6. The Kier molecular flexibility index (Phi) is 3.73. The van der Waals surface area contributed by atoms with Gasteiger partial charge in [-0.15, -0.1) is 0 Å². The molecule has 4 nitrogen and oxygen atoms in total. The lowest BCUT2D eigenvalue weighted by molar-refractivity contribution is 0.103. The van der Waals surface area contributed by atoms with E-state index in [9.17, 15) is 9.59 Å². The van der Waals surface area contributed by atoms with E-state index in [-0.39, 0.29) is 5.56 Å². The fourth-order valence-corrected chi connectivity index (χ4v) is 2.56. The molecule has 0 unspecified atom stereocenters. The zero-order valence-corrected chi connectivity index (χ0v) is 12.8. The molecule has 0 aliphatic carbocycles. The molecule has 1 aromatic heterocycles. The highest BCUT2D eigenvalue weighted by Gasteiger charge is 2.20. The third kappa shape index (κ3) is 2.63. The van der Waals surface area contributed by atoms with Crippen LogP contribution in [0.5, 0.6) is 0 Å². The van der Waals surface area contributed by atoms with Crippen LogP contribution in [-0.4, -0.2) is 5.78 Å². The van der Waals surface area contributed by atoms with Gasteiger partial charge in [-0.05, 0) is 55.0 Å². The molecule has 5 heteroatoms. The number of fused-ring (bicyclic) bond motifs is 1. The summed E-state index contributed by atoms with van der Waals surface area (Å²) < 4.78 is 5.23. The number of aryl methyl sites for hydroxylation is 1. The molecule has 23 heavy (non-hydrogen) atoms. The summed E-state index contributed by atoms with van der Waals surface area (Å²) in [6.07, 6.45) is 0. The van der Waals surface area contributed by atoms with Crippen LogP contribution >= 0.6 is 11.6 Å². The van der Waals surface area contributed by atoms with E-state index in [1.165, 1.54) is 6.07 Å². The van der Waals surface area contributed by atoms with Gasteiger partial charge in [-0.2, -0.15) is 5.26 Å². The Morgan fingerprint density at radius 1 is 1.17 bits per heavy atom. The number of hydrogen-bond acceptors (Lipinski definition) is 4. The highest BCUT2D eigenvalue weighted by molar-refractivity contribution is 6.30. The lowest BCUT2D eigenvalue weighted by Crippen LogP contribution is -2.17. The van der Waals surface area contributed by atoms with Gasteiger partial charge in [0, 0.05) is 16.0 Å². The lowest BCUT2D eigenvalue weighted by atomic mass is 9.98. The largest absolute Gasteiger partial charge is 0.422 e. The molecule has 0 amide bonds. The van der Waals surface area contributed by atoms with E-state index in [1.54, 1.807) is 43.3 Å². The van der Waals surface area contributed by atoms with Gasteiger partial charge in [0.15, 0.2) is 0 Å². The molecule has 112 valence electrons. The van der Waals surface area contributed by atoms with Crippen molar-refractivity contribution in [2.75, 3.05) is 0 Å². The SMILES string of the molecule is Cc1c(C(=O)c2ccc(Cl)cc2)c(=O)oc2cc(C#N)ccc12. The number of benzene rings is 2. The van der Waals surface area contributed by atoms with Gasteiger partial charge in [-0.1, -0.05) is 11.6 Å². The van der Waals surface area contributed by atoms with Crippen LogP contribution in [0.25, 0.3) is 11.0 Å². The number of halogens is 1. The molecule has 3 rings (SSSR count). The van der Waals surface area contributed by atoms with Gasteiger partial charge < -0.3 is 4.42 Å². The minimum Gasteiger partial charge on any atom is -0.422 e. The fourth-order valence-electron chi connectivity index (χ4n) is 2.43. The van der Waals surface area contributed by atoms with Gasteiger partial charge in [0.05, 0.1) is 11.6 Å². The third-order valence-electron chi connectivity index (χ3n) is 3.63. The van der Waals surface area contributed by atoms with E-state index >= 15 is 0 Å².